The van der Waals surface area contributed by atoms with Crippen LogP contribution in [0.15, 0.2) is 42.5 Å². The Hall–Kier alpha value is -1.71. The zero-order valence-electron chi connectivity index (χ0n) is 25.0. The number of aliphatic carboxylic acids is 1. The van der Waals surface area contributed by atoms with Gasteiger partial charge in [0, 0.05) is 12.2 Å². The number of carbonyl (C=O) groups is 2. The molecule has 3 rings (SSSR count). The van der Waals surface area contributed by atoms with Gasteiger partial charge in [0.25, 0.3) is 5.91 Å². The Labute approximate surface area is 257 Å². The molecule has 0 aromatic heterocycles. The molecule has 0 spiro atoms. The third kappa shape index (κ3) is 10.9. The molecule has 1 saturated carbocycles. The number of hydrogen-bond acceptors (Lipinski definition) is 4. The summed E-state index contributed by atoms with van der Waals surface area (Å²) in [5, 5.41) is 12.4. The maximum atomic E-state index is 13.3. The van der Waals surface area contributed by atoms with Crippen LogP contribution in [0.5, 0.6) is 0 Å². The van der Waals surface area contributed by atoms with Crippen molar-refractivity contribution in [3.05, 3.63) is 59.2 Å². The Balaban J connectivity index is 0.00000560. The summed E-state index contributed by atoms with van der Waals surface area (Å²) in [6.45, 7) is 5.56. The minimum atomic E-state index is -1.01. The van der Waals surface area contributed by atoms with Gasteiger partial charge in [0.15, 0.2) is 0 Å². The summed E-state index contributed by atoms with van der Waals surface area (Å²) in [6, 6.07) is 12.9. The second-order valence-corrected chi connectivity index (χ2v) is 12.1. The molecule has 1 aliphatic carbocycles. The summed E-state index contributed by atoms with van der Waals surface area (Å²) in [5.41, 5.74) is 4.36. The van der Waals surface area contributed by atoms with Crippen LogP contribution in [0.2, 0.25) is 0 Å². The van der Waals surface area contributed by atoms with Gasteiger partial charge in [-0.3, -0.25) is 4.79 Å². The van der Waals surface area contributed by atoms with Gasteiger partial charge in [-0.1, -0.05) is 82.2 Å². The quantitative estimate of drug-likeness (QED) is 0.286. The molecule has 1 aliphatic rings. The predicted octanol–water partition coefficient (Wildman–Crippen LogP) is 4.90. The van der Waals surface area contributed by atoms with E-state index in [9.17, 15) is 14.7 Å². The third-order valence-corrected chi connectivity index (χ3v) is 8.60. The van der Waals surface area contributed by atoms with Crippen molar-refractivity contribution in [2.75, 3.05) is 18.6 Å². The molecule has 2 aromatic carbocycles. The van der Waals surface area contributed by atoms with Gasteiger partial charge in [0.1, 0.15) is 6.04 Å². The number of carboxylic acids is 1. The van der Waals surface area contributed by atoms with Crippen LogP contribution in [0, 0.1) is 18.8 Å². The summed E-state index contributed by atoms with van der Waals surface area (Å²) in [6.07, 6.45) is 14.1. The fraction of sp³-hybridized carbons (Fsp3) is 0.576. The van der Waals surface area contributed by atoms with Crippen LogP contribution in [0.4, 0.5) is 0 Å². The molecule has 0 bridgehead atoms. The van der Waals surface area contributed by atoms with Crippen LogP contribution < -0.4 is 24.2 Å². The molecule has 2 unspecified atom stereocenters. The average Bonchev–Trinajstić information content (AvgIpc) is 2.94. The summed E-state index contributed by atoms with van der Waals surface area (Å²) in [5.74, 6) is 0.744. The Bertz CT molecular complexity index is 1060. The van der Waals surface area contributed by atoms with Crippen LogP contribution in [0.25, 0.3) is 11.1 Å². The zero-order valence-corrected chi connectivity index (χ0v) is 25.9. The Morgan fingerprint density at radius 1 is 1.07 bits per heavy atom. The van der Waals surface area contributed by atoms with E-state index in [2.05, 4.69) is 12.2 Å². The summed E-state index contributed by atoms with van der Waals surface area (Å²) in [4.78, 5) is 25.1. The number of amides is 1. The van der Waals surface area contributed by atoms with Gasteiger partial charge in [-0.25, -0.2) is 4.79 Å². The van der Waals surface area contributed by atoms with Gasteiger partial charge in [0.2, 0.25) is 0 Å². The van der Waals surface area contributed by atoms with Crippen molar-refractivity contribution in [2.24, 2.45) is 11.8 Å². The Kier molecular flexibility index (Phi) is 16.1. The second kappa shape index (κ2) is 18.7. The first kappa shape index (κ1) is 34.5. The van der Waals surface area contributed by atoms with Crippen molar-refractivity contribution in [1.29, 1.82) is 0 Å². The smallest absolute Gasteiger partial charge is 0.480 e. The molecule has 1 fully saturated rings. The van der Waals surface area contributed by atoms with Gasteiger partial charge in [-0.2, -0.15) is 11.8 Å². The minimum Gasteiger partial charge on any atom is -0.480 e. The first-order valence-corrected chi connectivity index (χ1v) is 16.1. The van der Waals surface area contributed by atoms with E-state index in [0.717, 1.165) is 34.8 Å². The molecular weight excluding hydrogens is 513 g/mol. The van der Waals surface area contributed by atoms with Gasteiger partial charge >= 0.3 is 24.8 Å². The molecule has 2 N–H and O–H groups in total. The van der Waals surface area contributed by atoms with Crippen LogP contribution in [0.3, 0.4) is 0 Å². The number of hydrogen-bond donors (Lipinski definition) is 2. The third-order valence-electron chi connectivity index (χ3n) is 7.96. The first-order valence-electron chi connectivity index (χ1n) is 14.7. The number of carboxylic acid groups (broad SMARTS) is 1. The van der Waals surface area contributed by atoms with E-state index >= 15 is 0 Å². The molecule has 40 heavy (non-hydrogen) atoms. The monoisotopic (exact) mass is 560 g/mol. The van der Waals surface area contributed by atoms with E-state index in [1.54, 1.807) is 11.8 Å². The summed E-state index contributed by atoms with van der Waals surface area (Å²) in [7, 11) is 0. The number of rotatable bonds is 16. The van der Waals surface area contributed by atoms with E-state index < -0.39 is 12.0 Å². The fourth-order valence-corrected chi connectivity index (χ4v) is 6.18. The Morgan fingerprint density at radius 2 is 1.82 bits per heavy atom. The van der Waals surface area contributed by atoms with Gasteiger partial charge in [-0.15, -0.1) is 0 Å². The molecule has 2 aromatic rings. The van der Waals surface area contributed by atoms with Crippen LogP contribution in [-0.2, 0) is 16.1 Å². The summed E-state index contributed by atoms with van der Waals surface area (Å²) >= 11 is 1.57. The fourth-order valence-electron chi connectivity index (χ4n) is 5.71. The normalized spacial score (nSPS) is 15.2. The number of thioether (sulfide) groups is 1. The van der Waals surface area contributed by atoms with Crippen molar-refractivity contribution in [1.82, 2.24) is 5.32 Å². The standard InChI is InChI=1S/C33H47NO4S.Li/c1-4-5-12-26(20-25-13-7-6-8-14-25)22-38-23-27-16-17-29(30(21-27)28-15-10-9-11-24(28)2)32(35)34-31(33(36)37)18-19-39-3;/h9-11,15-17,21,25-26,31H,4-8,12-14,18-20,22-23H2,1-3H3,(H,34,35)(H,36,37);/q;+1. The van der Waals surface area contributed by atoms with Gasteiger partial charge in [-0.05, 0) is 84.4 Å². The summed E-state index contributed by atoms with van der Waals surface area (Å²) < 4.78 is 6.30. The maximum Gasteiger partial charge on any atom is 1.00 e. The van der Waals surface area contributed by atoms with E-state index in [-0.39, 0.29) is 24.8 Å². The molecule has 2 atom stereocenters. The number of nitrogens with one attached hydrogen (secondary N) is 1. The van der Waals surface area contributed by atoms with E-state index in [1.807, 2.05) is 55.6 Å². The molecule has 0 saturated heterocycles. The van der Waals surface area contributed by atoms with Gasteiger partial charge < -0.3 is 15.2 Å². The average molecular weight is 561 g/mol. The number of ether oxygens (including phenoxy) is 1. The molecular formula is C33H47LiNO4S+. The molecule has 0 heterocycles. The molecule has 7 heteroatoms. The number of carbonyl (C=O) groups excluding carboxylic acids is 1. The second-order valence-electron chi connectivity index (χ2n) is 11.1. The molecule has 0 aliphatic heterocycles. The van der Waals surface area contributed by atoms with E-state index in [0.29, 0.717) is 30.3 Å². The van der Waals surface area contributed by atoms with Crippen molar-refractivity contribution >= 4 is 23.6 Å². The van der Waals surface area contributed by atoms with Crippen LogP contribution in [0.1, 0.15) is 92.6 Å². The number of aryl methyl sites for hydroxylation is 1. The van der Waals surface area contributed by atoms with Crippen molar-refractivity contribution in [3.63, 3.8) is 0 Å². The van der Waals surface area contributed by atoms with E-state index in [4.69, 9.17) is 4.74 Å². The number of benzene rings is 2. The van der Waals surface area contributed by atoms with Crippen molar-refractivity contribution in [3.8, 4) is 11.1 Å². The predicted molar refractivity (Wildman–Crippen MR) is 162 cm³/mol. The van der Waals surface area contributed by atoms with Crippen LogP contribution >= 0.6 is 11.8 Å². The minimum absolute atomic E-state index is 0. The molecule has 0 radical (unpaired) electrons. The molecule has 5 nitrogen and oxygen atoms in total. The topological polar surface area (TPSA) is 75.6 Å². The van der Waals surface area contributed by atoms with Gasteiger partial charge in [0.05, 0.1) is 6.61 Å². The largest absolute Gasteiger partial charge is 1.00 e. The maximum absolute atomic E-state index is 13.3. The zero-order chi connectivity index (χ0) is 28.0. The molecule has 1 amide bonds. The first-order chi connectivity index (χ1) is 18.9. The van der Waals surface area contributed by atoms with Crippen molar-refractivity contribution < 1.29 is 38.3 Å². The SMILES string of the molecule is CCCCC(COCc1ccc(C(=O)NC(CCSC)C(=O)O)c(-c2ccccc2C)c1)CC1CCCCC1.[Li+]. The molecule has 214 valence electrons. The van der Waals surface area contributed by atoms with E-state index in [1.165, 1.54) is 57.8 Å². The number of unbranched alkanes of at least 4 members (excludes halogenated alkanes) is 1. The Morgan fingerprint density at radius 3 is 2.50 bits per heavy atom. The van der Waals surface area contributed by atoms with Crippen molar-refractivity contribution in [2.45, 2.75) is 90.7 Å². The van der Waals surface area contributed by atoms with Crippen LogP contribution in [-0.4, -0.2) is 41.6 Å².